The number of hydrogen-bond donors (Lipinski definition) is 1. The topological polar surface area (TPSA) is 86.4 Å². The number of unbranched alkanes of at least 4 members (excludes halogenated alkanes) is 1. The number of aryl methyl sites for hydroxylation is 1. The number of H-pyrrole nitrogens is 1. The standard InChI is InChI=1S/C21H24ClN7O/c1-3-4-7-19-23-20(22)18(14-30-2)29(19)13-15-8-10-16(11-9-15)28-12-5-6-17(28)21-24-26-27-25-21/h5-6,8-12H,3-4,7,13-14H2,1-2H3,(H,24,25,26,27). The lowest BCUT2D eigenvalue weighted by atomic mass is 10.2. The summed E-state index contributed by atoms with van der Waals surface area (Å²) < 4.78 is 9.56. The molecule has 3 heterocycles. The Morgan fingerprint density at radius 1 is 1.17 bits per heavy atom. The van der Waals surface area contributed by atoms with Crippen LogP contribution in [0.2, 0.25) is 5.15 Å². The molecule has 0 bridgehead atoms. The maximum Gasteiger partial charge on any atom is 0.221 e. The Morgan fingerprint density at radius 3 is 2.70 bits per heavy atom. The molecule has 1 N–H and O–H groups in total. The molecule has 0 saturated carbocycles. The lowest BCUT2D eigenvalue weighted by Crippen LogP contribution is -2.10. The average Bonchev–Trinajstić information content (AvgIpc) is 3.50. The van der Waals surface area contributed by atoms with Crippen molar-refractivity contribution in [2.45, 2.75) is 39.3 Å². The van der Waals surface area contributed by atoms with Gasteiger partial charge in [0, 0.05) is 32.0 Å². The van der Waals surface area contributed by atoms with E-state index >= 15 is 0 Å². The fraction of sp³-hybridized carbons (Fsp3) is 0.333. The Hall–Kier alpha value is -2.97. The van der Waals surface area contributed by atoms with Gasteiger partial charge < -0.3 is 13.9 Å². The highest BCUT2D eigenvalue weighted by Crippen LogP contribution is 2.23. The highest BCUT2D eigenvalue weighted by molar-refractivity contribution is 6.30. The average molecular weight is 426 g/mol. The van der Waals surface area contributed by atoms with E-state index in [1.165, 1.54) is 0 Å². The van der Waals surface area contributed by atoms with E-state index in [-0.39, 0.29) is 0 Å². The monoisotopic (exact) mass is 425 g/mol. The van der Waals surface area contributed by atoms with Crippen molar-refractivity contribution in [1.82, 2.24) is 34.7 Å². The van der Waals surface area contributed by atoms with Crippen LogP contribution in [0.4, 0.5) is 0 Å². The van der Waals surface area contributed by atoms with Crippen LogP contribution in [0.1, 0.15) is 36.8 Å². The number of benzene rings is 1. The summed E-state index contributed by atoms with van der Waals surface area (Å²) in [4.78, 5) is 4.58. The van der Waals surface area contributed by atoms with E-state index in [4.69, 9.17) is 16.3 Å². The smallest absolute Gasteiger partial charge is 0.221 e. The molecule has 4 aromatic rings. The molecule has 0 aliphatic carbocycles. The number of ether oxygens (including phenoxy) is 1. The first kappa shape index (κ1) is 20.3. The van der Waals surface area contributed by atoms with Gasteiger partial charge in [-0.1, -0.05) is 37.1 Å². The molecule has 0 aliphatic heterocycles. The van der Waals surface area contributed by atoms with Gasteiger partial charge in [0.2, 0.25) is 5.82 Å². The summed E-state index contributed by atoms with van der Waals surface area (Å²) >= 11 is 6.40. The second kappa shape index (κ2) is 9.23. The molecule has 0 fully saturated rings. The van der Waals surface area contributed by atoms with Crippen LogP contribution in [0.3, 0.4) is 0 Å². The van der Waals surface area contributed by atoms with Crippen molar-refractivity contribution < 1.29 is 4.74 Å². The fourth-order valence-electron chi connectivity index (χ4n) is 3.50. The van der Waals surface area contributed by atoms with Gasteiger partial charge in [-0.3, -0.25) is 0 Å². The first-order valence-corrected chi connectivity index (χ1v) is 10.3. The number of aromatic nitrogens is 7. The van der Waals surface area contributed by atoms with Crippen LogP contribution in [0.25, 0.3) is 17.2 Å². The van der Waals surface area contributed by atoms with E-state index in [2.05, 4.69) is 61.4 Å². The molecule has 0 amide bonds. The Balaban J connectivity index is 1.60. The fourth-order valence-corrected chi connectivity index (χ4v) is 3.75. The van der Waals surface area contributed by atoms with Crippen LogP contribution in [-0.2, 0) is 24.3 Å². The largest absolute Gasteiger partial charge is 0.378 e. The maximum atomic E-state index is 6.40. The third kappa shape index (κ3) is 4.15. The lowest BCUT2D eigenvalue weighted by Gasteiger charge is -2.13. The highest BCUT2D eigenvalue weighted by Gasteiger charge is 2.16. The van der Waals surface area contributed by atoms with E-state index in [0.29, 0.717) is 24.1 Å². The summed E-state index contributed by atoms with van der Waals surface area (Å²) in [6.07, 6.45) is 5.06. The van der Waals surface area contributed by atoms with Gasteiger partial charge in [0.15, 0.2) is 5.15 Å². The molecule has 0 atom stereocenters. The molecule has 0 aliphatic rings. The van der Waals surface area contributed by atoms with Gasteiger partial charge in [-0.2, -0.15) is 5.21 Å². The predicted molar refractivity (Wildman–Crippen MR) is 115 cm³/mol. The van der Waals surface area contributed by atoms with Crippen LogP contribution >= 0.6 is 11.6 Å². The second-order valence-electron chi connectivity index (χ2n) is 7.05. The molecule has 4 rings (SSSR count). The summed E-state index contributed by atoms with van der Waals surface area (Å²) in [5.74, 6) is 1.56. The first-order valence-electron chi connectivity index (χ1n) is 9.94. The minimum atomic E-state index is 0.438. The molecular weight excluding hydrogens is 402 g/mol. The third-order valence-corrected chi connectivity index (χ3v) is 5.32. The Bertz CT molecular complexity index is 1080. The lowest BCUT2D eigenvalue weighted by molar-refractivity contribution is 0.178. The van der Waals surface area contributed by atoms with Crippen molar-refractivity contribution >= 4 is 11.6 Å². The van der Waals surface area contributed by atoms with Gasteiger partial charge in [-0.05, 0) is 41.5 Å². The molecule has 9 heteroatoms. The summed E-state index contributed by atoms with van der Waals surface area (Å²) in [6.45, 7) is 3.31. The van der Waals surface area contributed by atoms with Crippen molar-refractivity contribution in [2.75, 3.05) is 7.11 Å². The number of imidazole rings is 1. The predicted octanol–water partition coefficient (Wildman–Crippen LogP) is 4.04. The van der Waals surface area contributed by atoms with E-state index in [0.717, 1.165) is 47.7 Å². The number of hydrogen-bond acceptors (Lipinski definition) is 5. The van der Waals surface area contributed by atoms with E-state index in [1.54, 1.807) is 7.11 Å². The van der Waals surface area contributed by atoms with Gasteiger partial charge in [0.05, 0.1) is 18.0 Å². The molecule has 30 heavy (non-hydrogen) atoms. The minimum absolute atomic E-state index is 0.438. The molecule has 3 aromatic heterocycles. The molecule has 0 spiro atoms. The molecule has 0 unspecified atom stereocenters. The molecule has 1 aromatic carbocycles. The number of tetrazole rings is 1. The van der Waals surface area contributed by atoms with E-state index in [1.807, 2.05) is 22.9 Å². The number of aromatic amines is 1. The van der Waals surface area contributed by atoms with Gasteiger partial charge in [0.1, 0.15) is 5.82 Å². The number of methoxy groups -OCH3 is 1. The zero-order valence-electron chi connectivity index (χ0n) is 17.0. The Morgan fingerprint density at radius 2 is 2.00 bits per heavy atom. The van der Waals surface area contributed by atoms with Crippen LogP contribution in [0.15, 0.2) is 42.6 Å². The van der Waals surface area contributed by atoms with Crippen molar-refractivity contribution in [1.29, 1.82) is 0 Å². The normalized spacial score (nSPS) is 11.3. The summed E-state index contributed by atoms with van der Waals surface area (Å²) in [5, 5.41) is 14.8. The quantitative estimate of drug-likeness (QED) is 0.437. The molecule has 0 saturated heterocycles. The third-order valence-electron chi connectivity index (χ3n) is 5.02. The van der Waals surface area contributed by atoms with Gasteiger partial charge >= 0.3 is 0 Å². The zero-order chi connectivity index (χ0) is 20.9. The van der Waals surface area contributed by atoms with Crippen LogP contribution in [0, 0.1) is 0 Å². The van der Waals surface area contributed by atoms with Gasteiger partial charge in [-0.25, -0.2) is 4.98 Å². The molecule has 8 nitrogen and oxygen atoms in total. The summed E-state index contributed by atoms with van der Waals surface area (Å²) in [5.41, 5.74) is 3.98. The molecular formula is C21H24ClN7O. The van der Waals surface area contributed by atoms with Crippen molar-refractivity contribution in [3.63, 3.8) is 0 Å². The summed E-state index contributed by atoms with van der Waals surface area (Å²) in [6, 6.07) is 12.3. The highest BCUT2D eigenvalue weighted by atomic mass is 35.5. The molecule has 0 radical (unpaired) electrons. The number of nitrogens with zero attached hydrogens (tertiary/aromatic N) is 6. The summed E-state index contributed by atoms with van der Waals surface area (Å²) in [7, 11) is 1.67. The first-order chi connectivity index (χ1) is 14.7. The van der Waals surface area contributed by atoms with Crippen molar-refractivity contribution in [3.05, 3.63) is 64.8 Å². The zero-order valence-corrected chi connectivity index (χ0v) is 17.8. The Labute approximate surface area is 179 Å². The van der Waals surface area contributed by atoms with Gasteiger partial charge in [-0.15, -0.1) is 10.2 Å². The molecule has 156 valence electrons. The minimum Gasteiger partial charge on any atom is -0.378 e. The van der Waals surface area contributed by atoms with Crippen LogP contribution < -0.4 is 0 Å². The second-order valence-corrected chi connectivity index (χ2v) is 7.41. The van der Waals surface area contributed by atoms with E-state index < -0.39 is 0 Å². The number of nitrogens with one attached hydrogen (secondary N) is 1. The van der Waals surface area contributed by atoms with E-state index in [9.17, 15) is 0 Å². The van der Waals surface area contributed by atoms with Crippen molar-refractivity contribution in [2.24, 2.45) is 0 Å². The number of halogens is 1. The maximum absolute atomic E-state index is 6.40. The van der Waals surface area contributed by atoms with Crippen LogP contribution in [0.5, 0.6) is 0 Å². The van der Waals surface area contributed by atoms with Gasteiger partial charge in [0.25, 0.3) is 0 Å². The Kier molecular flexibility index (Phi) is 6.25. The SMILES string of the molecule is CCCCc1nc(Cl)c(COC)n1Cc1ccc(-n2cccc2-c2nn[nH]n2)cc1. The van der Waals surface area contributed by atoms with Crippen LogP contribution in [-0.4, -0.2) is 41.9 Å². The number of rotatable bonds is 9. The van der Waals surface area contributed by atoms with Crippen molar-refractivity contribution in [3.8, 4) is 17.2 Å².